The topological polar surface area (TPSA) is 63.3 Å². The number of hydrogen-bond acceptors (Lipinski definition) is 2. The maximum Gasteiger partial charge on any atom is 0.324 e. The Morgan fingerprint density at radius 3 is 2.61 bits per heavy atom. The maximum atomic E-state index is 11.3. The summed E-state index contributed by atoms with van der Waals surface area (Å²) in [5, 5.41) is 9.26. The lowest BCUT2D eigenvalue weighted by atomic mass is 9.86. The highest BCUT2D eigenvalue weighted by Gasteiger charge is 2.33. The fraction of sp³-hybridized carbons (Fsp3) is 0.500. The van der Waals surface area contributed by atoms with Crippen LogP contribution < -0.4 is 5.73 Å². The number of benzene rings is 1. The molecule has 0 saturated carbocycles. The molecule has 0 heterocycles. The van der Waals surface area contributed by atoms with Gasteiger partial charge < -0.3 is 10.8 Å². The Labute approximate surface area is 115 Å². The van der Waals surface area contributed by atoms with Gasteiger partial charge in [0.2, 0.25) is 0 Å². The molecule has 0 saturated heterocycles. The van der Waals surface area contributed by atoms with Crippen LogP contribution in [0.25, 0.3) is 0 Å². The molecule has 1 atom stereocenters. The summed E-state index contributed by atoms with van der Waals surface area (Å²) in [6.07, 6.45) is 2.71. The lowest BCUT2D eigenvalue weighted by Crippen LogP contribution is -2.49. The molecule has 0 aromatic heterocycles. The van der Waals surface area contributed by atoms with Crippen molar-refractivity contribution < 1.29 is 9.90 Å². The van der Waals surface area contributed by atoms with Crippen LogP contribution in [0.3, 0.4) is 0 Å². The van der Waals surface area contributed by atoms with Crippen molar-refractivity contribution in [1.82, 2.24) is 0 Å². The van der Waals surface area contributed by atoms with Gasteiger partial charge in [0.1, 0.15) is 5.54 Å². The van der Waals surface area contributed by atoms with Crippen molar-refractivity contribution in [1.29, 1.82) is 0 Å². The molecule has 3 N–H and O–H groups in total. The van der Waals surface area contributed by atoms with E-state index in [-0.39, 0.29) is 12.4 Å². The van der Waals surface area contributed by atoms with Crippen LogP contribution in [-0.4, -0.2) is 16.6 Å². The minimum atomic E-state index is -1.14. The van der Waals surface area contributed by atoms with Crippen molar-refractivity contribution in [2.45, 2.75) is 45.1 Å². The van der Waals surface area contributed by atoms with E-state index in [0.29, 0.717) is 12.8 Å². The molecule has 1 aromatic rings. The van der Waals surface area contributed by atoms with Crippen molar-refractivity contribution in [3.63, 3.8) is 0 Å². The highest BCUT2D eigenvalue weighted by atomic mass is 35.5. The van der Waals surface area contributed by atoms with Gasteiger partial charge in [-0.15, -0.1) is 12.4 Å². The van der Waals surface area contributed by atoms with Gasteiger partial charge in [-0.05, 0) is 18.9 Å². The second-order valence-corrected chi connectivity index (χ2v) is 4.73. The Kier molecular flexibility index (Phi) is 6.96. The van der Waals surface area contributed by atoms with Crippen molar-refractivity contribution in [2.75, 3.05) is 0 Å². The highest BCUT2D eigenvalue weighted by molar-refractivity contribution is 5.85. The molecule has 0 bridgehead atoms. The van der Waals surface area contributed by atoms with Gasteiger partial charge in [-0.25, -0.2) is 0 Å². The summed E-state index contributed by atoms with van der Waals surface area (Å²) in [5.41, 5.74) is 7.00. The van der Waals surface area contributed by atoms with Crippen molar-refractivity contribution in [2.24, 2.45) is 5.73 Å². The van der Waals surface area contributed by atoms with Crippen LogP contribution in [0.5, 0.6) is 0 Å². The summed E-state index contributed by atoms with van der Waals surface area (Å²) < 4.78 is 0. The molecule has 0 aliphatic carbocycles. The number of rotatable bonds is 6. The third kappa shape index (κ3) is 4.67. The van der Waals surface area contributed by atoms with Gasteiger partial charge in [0.05, 0.1) is 0 Å². The Hall–Kier alpha value is -1.06. The third-order valence-corrected chi connectivity index (χ3v) is 3.00. The third-order valence-electron chi connectivity index (χ3n) is 3.00. The molecule has 0 radical (unpaired) electrons. The fourth-order valence-electron chi connectivity index (χ4n) is 1.95. The average molecular weight is 272 g/mol. The summed E-state index contributed by atoms with van der Waals surface area (Å²) in [4.78, 5) is 11.3. The number of halogens is 1. The second-order valence-electron chi connectivity index (χ2n) is 4.73. The van der Waals surface area contributed by atoms with Crippen molar-refractivity contribution >= 4 is 18.4 Å². The number of hydrogen-bond donors (Lipinski definition) is 2. The van der Waals surface area contributed by atoms with Crippen LogP contribution in [0.1, 0.15) is 37.3 Å². The normalized spacial score (nSPS) is 13.5. The van der Waals surface area contributed by atoms with Gasteiger partial charge in [-0.2, -0.15) is 0 Å². The predicted octanol–water partition coefficient (Wildman–Crippen LogP) is 2.93. The molecule has 0 aliphatic rings. The summed E-state index contributed by atoms with van der Waals surface area (Å²) in [7, 11) is 0. The van der Waals surface area contributed by atoms with E-state index in [4.69, 9.17) is 5.73 Å². The Balaban J connectivity index is 0.00000289. The first-order valence-corrected chi connectivity index (χ1v) is 6.06. The molecule has 0 spiro atoms. The lowest BCUT2D eigenvalue weighted by molar-refractivity contribution is -0.143. The van der Waals surface area contributed by atoms with E-state index in [1.807, 2.05) is 38.1 Å². The molecule has 1 aromatic carbocycles. The van der Waals surface area contributed by atoms with Crippen LogP contribution in [0.4, 0.5) is 0 Å². The SMILES string of the molecule is CCCC[C@](N)(Cc1cccc(C)c1)C(=O)O.Cl. The Morgan fingerprint density at radius 2 is 2.11 bits per heavy atom. The van der Waals surface area contributed by atoms with Crippen molar-refractivity contribution in [3.8, 4) is 0 Å². The Morgan fingerprint density at radius 1 is 1.44 bits per heavy atom. The summed E-state index contributed by atoms with van der Waals surface area (Å²) in [6, 6.07) is 7.86. The minimum Gasteiger partial charge on any atom is -0.480 e. The molecule has 3 nitrogen and oxygen atoms in total. The molecule has 0 amide bonds. The first kappa shape index (κ1) is 16.9. The van der Waals surface area contributed by atoms with E-state index < -0.39 is 11.5 Å². The molecule has 18 heavy (non-hydrogen) atoms. The van der Waals surface area contributed by atoms with Crippen LogP contribution in [0, 0.1) is 6.92 Å². The van der Waals surface area contributed by atoms with Crippen molar-refractivity contribution in [3.05, 3.63) is 35.4 Å². The van der Waals surface area contributed by atoms with Gasteiger partial charge in [-0.1, -0.05) is 49.6 Å². The van der Waals surface area contributed by atoms with E-state index in [0.717, 1.165) is 24.0 Å². The summed E-state index contributed by atoms with van der Waals surface area (Å²) >= 11 is 0. The highest BCUT2D eigenvalue weighted by Crippen LogP contribution is 2.19. The standard InChI is InChI=1S/C14H21NO2.ClH/c1-3-4-8-14(15,13(16)17)10-12-7-5-6-11(2)9-12;/h5-7,9H,3-4,8,10,15H2,1-2H3,(H,16,17);1H/t14-;/m0./s1. The van der Waals surface area contributed by atoms with Crippen LogP contribution in [-0.2, 0) is 11.2 Å². The van der Waals surface area contributed by atoms with Crippen LogP contribution >= 0.6 is 12.4 Å². The maximum absolute atomic E-state index is 11.3. The van der Waals surface area contributed by atoms with Gasteiger partial charge in [-0.3, -0.25) is 4.79 Å². The zero-order chi connectivity index (χ0) is 12.9. The van der Waals surface area contributed by atoms with Gasteiger partial charge in [0.15, 0.2) is 0 Å². The fourth-order valence-corrected chi connectivity index (χ4v) is 1.95. The summed E-state index contributed by atoms with van der Waals surface area (Å²) in [6.45, 7) is 4.03. The van der Waals surface area contributed by atoms with Crippen LogP contribution in [0.2, 0.25) is 0 Å². The van der Waals surface area contributed by atoms with E-state index in [2.05, 4.69) is 0 Å². The number of carbonyl (C=O) groups is 1. The van der Waals surface area contributed by atoms with Gasteiger partial charge in [0, 0.05) is 6.42 Å². The molecule has 1 rings (SSSR count). The van der Waals surface area contributed by atoms with Gasteiger partial charge >= 0.3 is 5.97 Å². The quantitative estimate of drug-likeness (QED) is 0.836. The number of aliphatic carboxylic acids is 1. The lowest BCUT2D eigenvalue weighted by Gasteiger charge is -2.24. The zero-order valence-corrected chi connectivity index (χ0v) is 11.8. The molecule has 0 aliphatic heterocycles. The Bertz CT molecular complexity index is 395. The number of nitrogens with two attached hydrogens (primary N) is 1. The van der Waals surface area contributed by atoms with Crippen LogP contribution in [0.15, 0.2) is 24.3 Å². The number of aryl methyl sites for hydroxylation is 1. The van der Waals surface area contributed by atoms with E-state index >= 15 is 0 Å². The number of unbranched alkanes of at least 4 members (excludes halogenated alkanes) is 1. The minimum absolute atomic E-state index is 0. The largest absolute Gasteiger partial charge is 0.480 e. The molecule has 102 valence electrons. The number of carboxylic acids is 1. The molecular formula is C14H22ClNO2. The number of carboxylic acid groups (broad SMARTS) is 1. The zero-order valence-electron chi connectivity index (χ0n) is 11.0. The van der Waals surface area contributed by atoms with E-state index in [1.54, 1.807) is 0 Å². The van der Waals surface area contributed by atoms with Gasteiger partial charge in [0.25, 0.3) is 0 Å². The smallest absolute Gasteiger partial charge is 0.324 e. The summed E-state index contributed by atoms with van der Waals surface area (Å²) in [5.74, 6) is -0.910. The predicted molar refractivity (Wildman–Crippen MR) is 76.2 cm³/mol. The second kappa shape index (κ2) is 7.39. The average Bonchev–Trinajstić information content (AvgIpc) is 2.26. The molecule has 0 unspecified atom stereocenters. The first-order valence-electron chi connectivity index (χ1n) is 6.06. The molecule has 4 heteroatoms. The molecular weight excluding hydrogens is 250 g/mol. The van der Waals surface area contributed by atoms with E-state index in [9.17, 15) is 9.90 Å². The molecule has 0 fully saturated rings. The first-order chi connectivity index (χ1) is 7.98. The van der Waals surface area contributed by atoms with E-state index in [1.165, 1.54) is 0 Å². The monoisotopic (exact) mass is 271 g/mol.